The Hall–Kier alpha value is -0.710. The van der Waals surface area contributed by atoms with Crippen LogP contribution in [0.5, 0.6) is 0 Å². The van der Waals surface area contributed by atoms with Crippen molar-refractivity contribution in [2.45, 2.75) is 17.4 Å². The van der Waals surface area contributed by atoms with Crippen molar-refractivity contribution in [3.05, 3.63) is 28.8 Å². The van der Waals surface area contributed by atoms with Crippen molar-refractivity contribution in [1.29, 1.82) is 0 Å². The molecule has 2 atom stereocenters. The fourth-order valence-corrected chi connectivity index (χ4v) is 2.96. The Morgan fingerprint density at radius 3 is 2.88 bits per heavy atom. The molecule has 0 aliphatic carbocycles. The zero-order valence-electron chi connectivity index (χ0n) is 9.44. The standard InChI is InChI=1S/C12H14ClNO2S/c1-17-11-3-2-7(4-9(11)13)10-5-8(6-14-10)12(15)16/h2-4,8,10,14H,5-6H2,1H3,(H,15,16). The summed E-state index contributed by atoms with van der Waals surface area (Å²) in [6.45, 7) is 0.530. The van der Waals surface area contributed by atoms with Gasteiger partial charge in [0, 0.05) is 17.5 Å². The van der Waals surface area contributed by atoms with Gasteiger partial charge in [-0.15, -0.1) is 11.8 Å². The van der Waals surface area contributed by atoms with Crippen LogP contribution in [0.2, 0.25) is 5.02 Å². The number of nitrogens with one attached hydrogen (secondary N) is 1. The molecule has 1 heterocycles. The van der Waals surface area contributed by atoms with Crippen molar-refractivity contribution in [3.63, 3.8) is 0 Å². The van der Waals surface area contributed by atoms with E-state index >= 15 is 0 Å². The van der Waals surface area contributed by atoms with Gasteiger partial charge in [-0.25, -0.2) is 0 Å². The minimum atomic E-state index is -0.730. The van der Waals surface area contributed by atoms with Gasteiger partial charge in [-0.05, 0) is 30.4 Å². The summed E-state index contributed by atoms with van der Waals surface area (Å²) >= 11 is 7.75. The summed E-state index contributed by atoms with van der Waals surface area (Å²) in [5.41, 5.74) is 1.07. The van der Waals surface area contributed by atoms with Crippen molar-refractivity contribution >= 4 is 29.3 Å². The van der Waals surface area contributed by atoms with Gasteiger partial charge in [-0.2, -0.15) is 0 Å². The highest BCUT2D eigenvalue weighted by atomic mass is 35.5. The first-order valence-corrected chi connectivity index (χ1v) is 7.01. The van der Waals surface area contributed by atoms with Crippen molar-refractivity contribution < 1.29 is 9.90 Å². The molecule has 0 bridgehead atoms. The van der Waals surface area contributed by atoms with Gasteiger partial charge >= 0.3 is 5.97 Å². The van der Waals surface area contributed by atoms with E-state index in [2.05, 4.69) is 5.32 Å². The Labute approximate surface area is 110 Å². The zero-order valence-corrected chi connectivity index (χ0v) is 11.0. The molecule has 5 heteroatoms. The maximum Gasteiger partial charge on any atom is 0.307 e. The molecule has 1 fully saturated rings. The fraction of sp³-hybridized carbons (Fsp3) is 0.417. The summed E-state index contributed by atoms with van der Waals surface area (Å²) in [4.78, 5) is 11.9. The first-order chi connectivity index (χ1) is 8.11. The number of carboxylic acid groups (broad SMARTS) is 1. The fourth-order valence-electron chi connectivity index (χ4n) is 2.08. The monoisotopic (exact) mass is 271 g/mol. The van der Waals surface area contributed by atoms with Crippen LogP contribution >= 0.6 is 23.4 Å². The van der Waals surface area contributed by atoms with Crippen LogP contribution in [0.25, 0.3) is 0 Å². The van der Waals surface area contributed by atoms with Gasteiger partial charge in [-0.3, -0.25) is 4.79 Å². The second-order valence-corrected chi connectivity index (χ2v) is 5.38. The normalized spacial score (nSPS) is 23.9. The molecule has 1 saturated heterocycles. The first kappa shape index (κ1) is 12.7. The number of hydrogen-bond acceptors (Lipinski definition) is 3. The van der Waals surface area contributed by atoms with E-state index in [1.807, 2.05) is 24.5 Å². The smallest absolute Gasteiger partial charge is 0.307 e. The zero-order chi connectivity index (χ0) is 12.4. The average molecular weight is 272 g/mol. The molecule has 0 amide bonds. The topological polar surface area (TPSA) is 49.3 Å². The third-order valence-electron chi connectivity index (χ3n) is 3.06. The first-order valence-electron chi connectivity index (χ1n) is 5.41. The number of halogens is 1. The summed E-state index contributed by atoms with van der Waals surface area (Å²) < 4.78 is 0. The quantitative estimate of drug-likeness (QED) is 0.830. The summed E-state index contributed by atoms with van der Waals surface area (Å²) in [5, 5.41) is 12.9. The molecule has 2 N–H and O–H groups in total. The lowest BCUT2D eigenvalue weighted by Gasteiger charge is -2.12. The number of carboxylic acids is 1. The third-order valence-corrected chi connectivity index (χ3v) is 4.28. The van der Waals surface area contributed by atoms with Crippen LogP contribution in [0, 0.1) is 5.92 Å². The number of hydrogen-bond donors (Lipinski definition) is 2. The lowest BCUT2D eigenvalue weighted by molar-refractivity contribution is -0.141. The Morgan fingerprint density at radius 1 is 1.59 bits per heavy atom. The van der Waals surface area contributed by atoms with E-state index in [4.69, 9.17) is 16.7 Å². The van der Waals surface area contributed by atoms with Crippen LogP contribution in [0.1, 0.15) is 18.0 Å². The lowest BCUT2D eigenvalue weighted by atomic mass is 10.0. The molecule has 92 valence electrons. The lowest BCUT2D eigenvalue weighted by Crippen LogP contribution is -2.17. The molecule has 1 aromatic carbocycles. The molecular weight excluding hydrogens is 258 g/mol. The van der Waals surface area contributed by atoms with Crippen LogP contribution in [-0.2, 0) is 4.79 Å². The summed E-state index contributed by atoms with van der Waals surface area (Å²) in [5.74, 6) is -1.02. The van der Waals surface area contributed by atoms with Gasteiger partial charge < -0.3 is 10.4 Å². The highest BCUT2D eigenvalue weighted by Gasteiger charge is 2.30. The molecule has 2 rings (SSSR count). The molecule has 0 spiro atoms. The van der Waals surface area contributed by atoms with E-state index in [1.165, 1.54) is 0 Å². The minimum absolute atomic E-state index is 0.101. The van der Waals surface area contributed by atoms with E-state index in [1.54, 1.807) is 11.8 Å². The van der Waals surface area contributed by atoms with Gasteiger partial charge in [-0.1, -0.05) is 17.7 Å². The highest BCUT2D eigenvalue weighted by Crippen LogP contribution is 2.32. The molecule has 17 heavy (non-hydrogen) atoms. The van der Waals surface area contributed by atoms with Crippen LogP contribution < -0.4 is 5.32 Å². The molecule has 3 nitrogen and oxygen atoms in total. The van der Waals surface area contributed by atoms with Crippen LogP contribution in [0.15, 0.2) is 23.1 Å². The molecule has 0 radical (unpaired) electrons. The summed E-state index contributed by atoms with van der Waals surface area (Å²) in [6, 6.07) is 6.03. The maximum atomic E-state index is 10.9. The molecule has 1 aromatic rings. The third kappa shape index (κ3) is 2.76. The highest BCUT2D eigenvalue weighted by molar-refractivity contribution is 7.98. The molecular formula is C12H14ClNO2S. The van der Waals surface area contributed by atoms with Crippen LogP contribution in [-0.4, -0.2) is 23.9 Å². The van der Waals surface area contributed by atoms with E-state index in [0.717, 1.165) is 15.5 Å². The van der Waals surface area contributed by atoms with Crippen LogP contribution in [0.4, 0.5) is 0 Å². The molecule has 1 aliphatic rings. The number of carbonyl (C=O) groups is 1. The van der Waals surface area contributed by atoms with Crippen molar-refractivity contribution in [2.24, 2.45) is 5.92 Å². The van der Waals surface area contributed by atoms with Gasteiger partial charge in [0.1, 0.15) is 0 Å². The number of rotatable bonds is 3. The Kier molecular flexibility index (Phi) is 3.97. The molecule has 0 aromatic heterocycles. The second kappa shape index (κ2) is 5.29. The van der Waals surface area contributed by atoms with E-state index in [0.29, 0.717) is 13.0 Å². The minimum Gasteiger partial charge on any atom is -0.481 e. The Balaban J connectivity index is 2.14. The SMILES string of the molecule is CSc1ccc(C2CC(C(=O)O)CN2)cc1Cl. The number of benzene rings is 1. The van der Waals surface area contributed by atoms with E-state index < -0.39 is 5.97 Å². The number of aliphatic carboxylic acids is 1. The Bertz CT molecular complexity index is 439. The van der Waals surface area contributed by atoms with Gasteiger partial charge in [0.05, 0.1) is 10.9 Å². The van der Waals surface area contributed by atoms with Gasteiger partial charge in [0.15, 0.2) is 0 Å². The van der Waals surface area contributed by atoms with Crippen molar-refractivity contribution in [1.82, 2.24) is 5.32 Å². The predicted molar refractivity (Wildman–Crippen MR) is 69.7 cm³/mol. The van der Waals surface area contributed by atoms with Gasteiger partial charge in [0.2, 0.25) is 0 Å². The van der Waals surface area contributed by atoms with E-state index in [-0.39, 0.29) is 12.0 Å². The summed E-state index contributed by atoms with van der Waals surface area (Å²) in [6.07, 6.45) is 2.61. The van der Waals surface area contributed by atoms with Crippen molar-refractivity contribution in [2.75, 3.05) is 12.8 Å². The largest absolute Gasteiger partial charge is 0.481 e. The predicted octanol–water partition coefficient (Wildman–Crippen LogP) is 2.80. The Morgan fingerprint density at radius 2 is 2.35 bits per heavy atom. The van der Waals surface area contributed by atoms with E-state index in [9.17, 15) is 4.79 Å². The second-order valence-electron chi connectivity index (χ2n) is 4.13. The molecule has 0 saturated carbocycles. The van der Waals surface area contributed by atoms with Gasteiger partial charge in [0.25, 0.3) is 0 Å². The maximum absolute atomic E-state index is 10.9. The summed E-state index contributed by atoms with van der Waals surface area (Å²) in [7, 11) is 0. The molecule has 2 unspecified atom stereocenters. The van der Waals surface area contributed by atoms with Crippen molar-refractivity contribution in [3.8, 4) is 0 Å². The van der Waals surface area contributed by atoms with Crippen LogP contribution in [0.3, 0.4) is 0 Å². The molecule has 1 aliphatic heterocycles. The number of thioether (sulfide) groups is 1. The average Bonchev–Trinajstić information content (AvgIpc) is 2.78.